The number of carbonyl (C=O) groups excluding carboxylic acids is 3. The molecule has 0 spiro atoms. The lowest BCUT2D eigenvalue weighted by molar-refractivity contribution is -0.122. The van der Waals surface area contributed by atoms with Gasteiger partial charge in [0.1, 0.15) is 23.0 Å². The van der Waals surface area contributed by atoms with Gasteiger partial charge < -0.3 is 20.1 Å². The predicted octanol–water partition coefficient (Wildman–Crippen LogP) is 1.65. The lowest BCUT2D eigenvalue weighted by atomic mass is 10.1. The van der Waals surface area contributed by atoms with Gasteiger partial charge in [-0.15, -0.1) is 0 Å². The predicted molar refractivity (Wildman–Crippen MR) is 110 cm³/mol. The van der Waals surface area contributed by atoms with Crippen LogP contribution in [0.25, 0.3) is 0 Å². The van der Waals surface area contributed by atoms with Gasteiger partial charge in [-0.1, -0.05) is 0 Å². The van der Waals surface area contributed by atoms with Gasteiger partial charge in [-0.3, -0.25) is 14.4 Å². The number of hydrogen-bond acceptors (Lipinski definition) is 7. The minimum absolute atomic E-state index is 0.0892. The molecule has 1 heterocycles. The van der Waals surface area contributed by atoms with E-state index in [2.05, 4.69) is 10.6 Å². The molecular weight excluding hydrogens is 412 g/mol. The Bertz CT molecular complexity index is 1090. The molecule has 1 atom stereocenters. The Morgan fingerprint density at radius 1 is 1.13 bits per heavy atom. The third kappa shape index (κ3) is 5.15. The Morgan fingerprint density at radius 2 is 1.83 bits per heavy atom. The maximum atomic E-state index is 12.4. The lowest BCUT2D eigenvalue weighted by Crippen LogP contribution is -2.34. The second-order valence-corrected chi connectivity index (χ2v) is 8.76. The molecule has 0 saturated heterocycles. The zero-order valence-electron chi connectivity index (χ0n) is 16.3. The standard InChI is InChI=1S/C20H20N2O7S/c1-12-20(25)22-16-9-13(3-8-18(16)29-12)17(23)10-30(26,27)11-19(24)21-14-4-6-15(28-2)7-5-14/h3-9,12H,10-11H2,1-2H3,(H,21,24)(H,22,25). The molecule has 1 unspecified atom stereocenters. The highest BCUT2D eigenvalue weighted by Gasteiger charge is 2.26. The molecule has 30 heavy (non-hydrogen) atoms. The SMILES string of the molecule is COc1ccc(NC(=O)CS(=O)(=O)CC(=O)c2ccc3c(c2)NC(=O)C(C)O3)cc1. The Hall–Kier alpha value is -3.40. The molecule has 0 bridgehead atoms. The van der Waals surface area contributed by atoms with Crippen molar-refractivity contribution in [3.05, 3.63) is 48.0 Å². The topological polar surface area (TPSA) is 128 Å². The average Bonchev–Trinajstić information content (AvgIpc) is 2.68. The average molecular weight is 432 g/mol. The van der Waals surface area contributed by atoms with E-state index in [1.165, 1.54) is 25.3 Å². The van der Waals surface area contributed by atoms with E-state index in [9.17, 15) is 22.8 Å². The van der Waals surface area contributed by atoms with Crippen molar-refractivity contribution < 1.29 is 32.3 Å². The number of anilines is 2. The van der Waals surface area contributed by atoms with Crippen LogP contribution in [0.15, 0.2) is 42.5 Å². The van der Waals surface area contributed by atoms with E-state index >= 15 is 0 Å². The number of nitrogens with one attached hydrogen (secondary N) is 2. The third-order valence-corrected chi connectivity index (χ3v) is 5.71. The number of ketones is 1. The van der Waals surface area contributed by atoms with Gasteiger partial charge in [0.25, 0.3) is 5.91 Å². The monoisotopic (exact) mass is 432 g/mol. The van der Waals surface area contributed by atoms with Crippen LogP contribution in [0.3, 0.4) is 0 Å². The third-order valence-electron chi connectivity index (χ3n) is 4.31. The van der Waals surface area contributed by atoms with E-state index in [1.807, 2.05) is 0 Å². The largest absolute Gasteiger partial charge is 0.497 e. The molecule has 0 aliphatic carbocycles. The Balaban J connectivity index is 1.63. The maximum absolute atomic E-state index is 12.4. The molecular formula is C20H20N2O7S. The van der Waals surface area contributed by atoms with Gasteiger partial charge in [0.15, 0.2) is 21.7 Å². The summed E-state index contributed by atoms with van der Waals surface area (Å²) in [4.78, 5) is 36.2. The first-order valence-corrected chi connectivity index (χ1v) is 10.8. The molecule has 10 heteroatoms. The van der Waals surface area contributed by atoms with Crippen molar-refractivity contribution in [2.24, 2.45) is 0 Å². The number of sulfone groups is 1. The number of Topliss-reactive ketones (excluding diaryl/α,β-unsaturated/α-hetero) is 1. The van der Waals surface area contributed by atoms with Gasteiger partial charge in [-0.2, -0.15) is 0 Å². The summed E-state index contributed by atoms with van der Waals surface area (Å²) in [6.07, 6.45) is -0.663. The highest BCUT2D eigenvalue weighted by molar-refractivity contribution is 7.92. The number of amides is 2. The highest BCUT2D eigenvalue weighted by Crippen LogP contribution is 2.30. The minimum Gasteiger partial charge on any atom is -0.497 e. The molecule has 1 aliphatic rings. The Kier molecular flexibility index (Phi) is 6.06. The molecule has 9 nitrogen and oxygen atoms in total. The number of methoxy groups -OCH3 is 1. The molecule has 0 saturated carbocycles. The van der Waals surface area contributed by atoms with Crippen molar-refractivity contribution >= 4 is 38.8 Å². The molecule has 0 radical (unpaired) electrons. The highest BCUT2D eigenvalue weighted by atomic mass is 32.2. The number of benzene rings is 2. The Labute approximate surface area is 173 Å². The molecule has 158 valence electrons. The van der Waals surface area contributed by atoms with Crippen LogP contribution in [0.4, 0.5) is 11.4 Å². The van der Waals surface area contributed by atoms with Gasteiger partial charge >= 0.3 is 0 Å². The van der Waals surface area contributed by atoms with Crippen molar-refractivity contribution in [3.63, 3.8) is 0 Å². The van der Waals surface area contributed by atoms with Crippen LogP contribution in [-0.2, 0) is 19.4 Å². The van der Waals surface area contributed by atoms with Crippen molar-refractivity contribution in [3.8, 4) is 11.5 Å². The number of carbonyl (C=O) groups is 3. The lowest BCUT2D eigenvalue weighted by Gasteiger charge is -2.23. The van der Waals surface area contributed by atoms with Gasteiger partial charge in [-0.25, -0.2) is 8.42 Å². The van der Waals surface area contributed by atoms with Crippen LogP contribution in [0.2, 0.25) is 0 Å². The van der Waals surface area contributed by atoms with Gasteiger partial charge in [0, 0.05) is 11.3 Å². The molecule has 2 aromatic carbocycles. The minimum atomic E-state index is -4.01. The van der Waals surface area contributed by atoms with E-state index in [1.54, 1.807) is 31.2 Å². The molecule has 0 aromatic heterocycles. The molecule has 2 amide bonds. The van der Waals surface area contributed by atoms with Gasteiger partial charge in [-0.05, 0) is 49.4 Å². The summed E-state index contributed by atoms with van der Waals surface area (Å²) in [5.74, 6) is -2.52. The molecule has 2 N–H and O–H groups in total. The molecule has 0 fully saturated rings. The fraction of sp³-hybridized carbons (Fsp3) is 0.250. The van der Waals surface area contributed by atoms with Crippen molar-refractivity contribution in [2.45, 2.75) is 13.0 Å². The zero-order chi connectivity index (χ0) is 21.9. The quantitative estimate of drug-likeness (QED) is 0.637. The summed E-state index contributed by atoms with van der Waals surface area (Å²) < 4.78 is 35.0. The fourth-order valence-corrected chi connectivity index (χ4v) is 3.93. The van der Waals surface area contributed by atoms with E-state index in [-0.39, 0.29) is 11.5 Å². The van der Waals surface area contributed by atoms with Gasteiger partial charge in [0.2, 0.25) is 5.91 Å². The number of hydrogen-bond donors (Lipinski definition) is 2. The van der Waals surface area contributed by atoms with Crippen LogP contribution < -0.4 is 20.1 Å². The summed E-state index contributed by atoms with van der Waals surface area (Å²) in [5, 5.41) is 5.06. The van der Waals surface area contributed by atoms with Gasteiger partial charge in [0.05, 0.1) is 12.8 Å². The first-order chi connectivity index (χ1) is 14.2. The van der Waals surface area contributed by atoms with Crippen molar-refractivity contribution in [2.75, 3.05) is 29.2 Å². The summed E-state index contributed by atoms with van der Waals surface area (Å²) in [5.41, 5.74) is 0.784. The second-order valence-electron chi connectivity index (χ2n) is 6.69. The van der Waals surface area contributed by atoms with Crippen LogP contribution in [0, 0.1) is 0 Å². The van der Waals surface area contributed by atoms with E-state index in [4.69, 9.17) is 9.47 Å². The number of rotatable bonds is 7. The van der Waals surface area contributed by atoms with Crippen molar-refractivity contribution in [1.82, 2.24) is 0 Å². The van der Waals surface area contributed by atoms with Crippen LogP contribution in [0.1, 0.15) is 17.3 Å². The normalized spacial score (nSPS) is 15.4. The first kappa shape index (κ1) is 21.3. The van der Waals surface area contributed by atoms with E-state index in [0.717, 1.165) is 0 Å². The fourth-order valence-electron chi connectivity index (χ4n) is 2.79. The summed E-state index contributed by atoms with van der Waals surface area (Å²) in [6, 6.07) is 10.6. The number of ether oxygens (including phenoxy) is 2. The molecule has 1 aliphatic heterocycles. The first-order valence-electron chi connectivity index (χ1n) is 8.96. The van der Waals surface area contributed by atoms with E-state index in [0.29, 0.717) is 22.9 Å². The van der Waals surface area contributed by atoms with E-state index < -0.39 is 39.1 Å². The number of fused-ring (bicyclic) bond motifs is 1. The Morgan fingerprint density at radius 3 is 2.50 bits per heavy atom. The smallest absolute Gasteiger partial charge is 0.265 e. The second kappa shape index (κ2) is 8.54. The van der Waals surface area contributed by atoms with Crippen LogP contribution in [0.5, 0.6) is 11.5 Å². The summed E-state index contributed by atoms with van der Waals surface area (Å²) in [7, 11) is -2.51. The molecule has 2 aromatic rings. The summed E-state index contributed by atoms with van der Waals surface area (Å²) >= 11 is 0. The maximum Gasteiger partial charge on any atom is 0.265 e. The molecule has 3 rings (SSSR count). The van der Waals surface area contributed by atoms with Crippen LogP contribution in [-0.4, -0.2) is 50.7 Å². The zero-order valence-corrected chi connectivity index (χ0v) is 17.1. The van der Waals surface area contributed by atoms with Crippen molar-refractivity contribution in [1.29, 1.82) is 0 Å². The summed E-state index contributed by atoms with van der Waals surface area (Å²) in [6.45, 7) is 1.58. The van der Waals surface area contributed by atoms with Crippen LogP contribution >= 0.6 is 0 Å².